The molecule has 3 rings (SSSR count). The number of esters is 1. The van der Waals surface area contributed by atoms with Crippen LogP contribution in [0.3, 0.4) is 0 Å². The van der Waals surface area contributed by atoms with Gasteiger partial charge in [0.1, 0.15) is 17.1 Å². The van der Waals surface area contributed by atoms with Crippen LogP contribution in [0.2, 0.25) is 0 Å². The second-order valence-corrected chi connectivity index (χ2v) is 5.38. The van der Waals surface area contributed by atoms with Crippen molar-refractivity contribution in [3.05, 3.63) is 40.5 Å². The van der Waals surface area contributed by atoms with E-state index in [0.29, 0.717) is 12.0 Å². The number of halogens is 4. The van der Waals surface area contributed by atoms with Crippen molar-refractivity contribution in [1.82, 2.24) is 4.98 Å². The van der Waals surface area contributed by atoms with Crippen molar-refractivity contribution in [2.24, 2.45) is 0 Å². The molecule has 1 aliphatic rings. The van der Waals surface area contributed by atoms with E-state index in [0.717, 1.165) is 6.07 Å². The number of hydrogen-bond donors (Lipinski definition) is 1. The van der Waals surface area contributed by atoms with E-state index < -0.39 is 46.9 Å². The molecule has 144 valence electrons. The highest BCUT2D eigenvalue weighted by Gasteiger charge is 2.42. The van der Waals surface area contributed by atoms with Crippen LogP contribution in [0.4, 0.5) is 23.6 Å². The number of oxazole rings is 1. The van der Waals surface area contributed by atoms with Gasteiger partial charge in [-0.25, -0.2) is 9.18 Å². The fraction of sp³-hybridized carbons (Fsp3) is 0.312. The number of nitrogens with one attached hydrogen (secondary N) is 1. The lowest BCUT2D eigenvalue weighted by Gasteiger charge is -2.08. The predicted molar refractivity (Wildman–Crippen MR) is 81.0 cm³/mol. The number of anilines is 1. The molecule has 0 saturated carbocycles. The molecule has 0 fully saturated rings. The van der Waals surface area contributed by atoms with Crippen LogP contribution < -0.4 is 10.1 Å². The van der Waals surface area contributed by atoms with Gasteiger partial charge in [0.25, 0.3) is 5.91 Å². The molecule has 0 spiro atoms. The zero-order valence-electron chi connectivity index (χ0n) is 13.8. The molecule has 0 aliphatic carbocycles. The van der Waals surface area contributed by atoms with Crippen LogP contribution in [0.5, 0.6) is 5.75 Å². The number of carbonyl (C=O) groups excluding carboxylic acids is 2. The molecular weight excluding hydrogens is 376 g/mol. The molecule has 27 heavy (non-hydrogen) atoms. The molecule has 2 aromatic rings. The molecule has 1 aliphatic heterocycles. The lowest BCUT2D eigenvalue weighted by molar-refractivity contribution is -0.141. The van der Waals surface area contributed by atoms with Gasteiger partial charge in [-0.3, -0.25) is 10.1 Å². The highest BCUT2D eigenvalue weighted by Crippen LogP contribution is 2.35. The molecule has 2 heterocycles. The molecule has 11 heteroatoms. The third kappa shape index (κ3) is 3.57. The molecule has 1 aromatic carbocycles. The number of alkyl halides is 3. The summed E-state index contributed by atoms with van der Waals surface area (Å²) in [4.78, 5) is 27.1. The number of rotatable bonds is 4. The van der Waals surface area contributed by atoms with E-state index in [1.54, 1.807) is 0 Å². The molecule has 0 radical (unpaired) electrons. The first-order valence-corrected chi connectivity index (χ1v) is 7.73. The summed E-state index contributed by atoms with van der Waals surface area (Å²) in [5.41, 5.74) is -1.57. The molecule has 1 N–H and O–H groups in total. The van der Waals surface area contributed by atoms with Crippen molar-refractivity contribution >= 4 is 17.9 Å². The second-order valence-electron chi connectivity index (χ2n) is 5.38. The maximum Gasteiger partial charge on any atom is 0.437 e. The summed E-state index contributed by atoms with van der Waals surface area (Å²) >= 11 is 0. The van der Waals surface area contributed by atoms with Gasteiger partial charge in [-0.05, 0) is 18.6 Å². The molecule has 0 unspecified atom stereocenters. The van der Waals surface area contributed by atoms with Crippen molar-refractivity contribution in [3.63, 3.8) is 0 Å². The average molecular weight is 388 g/mol. The number of ether oxygens (including phenoxy) is 2. The van der Waals surface area contributed by atoms with Crippen molar-refractivity contribution in [3.8, 4) is 5.75 Å². The third-order valence-electron chi connectivity index (χ3n) is 3.61. The fourth-order valence-electron chi connectivity index (χ4n) is 2.50. The number of aromatic nitrogens is 1. The zero-order chi connectivity index (χ0) is 19.8. The summed E-state index contributed by atoms with van der Waals surface area (Å²) in [6.45, 7) is 1.43. The van der Waals surface area contributed by atoms with Crippen LogP contribution >= 0.6 is 0 Å². The van der Waals surface area contributed by atoms with Gasteiger partial charge >= 0.3 is 18.2 Å². The van der Waals surface area contributed by atoms with Crippen LogP contribution in [0.25, 0.3) is 0 Å². The molecular formula is C16H12F4N2O5. The Bertz CT molecular complexity index is 907. The highest BCUT2D eigenvalue weighted by molar-refractivity contribution is 6.06. The molecule has 1 amide bonds. The quantitative estimate of drug-likeness (QED) is 0.639. The predicted octanol–water partition coefficient (Wildman–Crippen LogP) is 3.20. The number of benzene rings is 1. The van der Waals surface area contributed by atoms with Gasteiger partial charge in [0.05, 0.1) is 13.2 Å². The van der Waals surface area contributed by atoms with Gasteiger partial charge in [0.2, 0.25) is 5.76 Å². The van der Waals surface area contributed by atoms with Crippen LogP contribution in [0.15, 0.2) is 16.5 Å². The van der Waals surface area contributed by atoms with Gasteiger partial charge < -0.3 is 13.9 Å². The number of hydrogen-bond acceptors (Lipinski definition) is 6. The Hall–Kier alpha value is -3.11. The minimum atomic E-state index is -5.03. The van der Waals surface area contributed by atoms with E-state index in [2.05, 4.69) is 9.72 Å². The molecule has 0 atom stereocenters. The summed E-state index contributed by atoms with van der Waals surface area (Å²) in [5, 5.41) is 1.91. The van der Waals surface area contributed by atoms with Gasteiger partial charge in [-0.2, -0.15) is 18.2 Å². The lowest BCUT2D eigenvalue weighted by Crippen LogP contribution is -2.16. The SMILES string of the molecule is CCOC(=O)c1oc(NC(=O)c2c(F)ccc3c2OCC3)nc1C(F)(F)F. The minimum Gasteiger partial charge on any atom is -0.492 e. The van der Waals surface area contributed by atoms with Crippen LogP contribution in [-0.4, -0.2) is 30.1 Å². The van der Waals surface area contributed by atoms with Gasteiger partial charge in [-0.15, -0.1) is 0 Å². The van der Waals surface area contributed by atoms with E-state index in [1.165, 1.54) is 13.0 Å². The standard InChI is InChI=1S/C16H12F4N2O5/c1-2-25-14(24)11-12(16(18,19)20)21-15(27-11)22-13(23)9-8(17)4-3-7-5-6-26-10(7)9/h3-4H,2,5-6H2,1H3,(H,21,22,23). The first-order valence-electron chi connectivity index (χ1n) is 7.73. The smallest absolute Gasteiger partial charge is 0.437 e. The van der Waals surface area contributed by atoms with E-state index >= 15 is 0 Å². The number of carbonyl (C=O) groups is 2. The molecule has 0 bridgehead atoms. The maximum absolute atomic E-state index is 14.1. The summed E-state index contributed by atoms with van der Waals surface area (Å²) in [6, 6.07) is 1.56. The topological polar surface area (TPSA) is 90.7 Å². The zero-order valence-corrected chi connectivity index (χ0v) is 13.8. The summed E-state index contributed by atoms with van der Waals surface area (Å²) < 4.78 is 67.6. The number of amides is 1. The maximum atomic E-state index is 14.1. The number of nitrogens with zero attached hydrogens (tertiary/aromatic N) is 1. The lowest BCUT2D eigenvalue weighted by atomic mass is 10.1. The summed E-state index contributed by atoms with van der Waals surface area (Å²) in [7, 11) is 0. The van der Waals surface area contributed by atoms with Gasteiger partial charge in [-0.1, -0.05) is 6.07 Å². The first-order chi connectivity index (χ1) is 12.7. The van der Waals surface area contributed by atoms with Crippen molar-refractivity contribution in [1.29, 1.82) is 0 Å². The van der Waals surface area contributed by atoms with E-state index in [9.17, 15) is 27.2 Å². The van der Waals surface area contributed by atoms with Crippen molar-refractivity contribution in [2.75, 3.05) is 18.5 Å². The summed E-state index contributed by atoms with van der Waals surface area (Å²) in [6.07, 6.45) is -4.57. The van der Waals surface area contributed by atoms with Crippen molar-refractivity contribution < 1.29 is 41.0 Å². The fourth-order valence-corrected chi connectivity index (χ4v) is 2.50. The normalized spacial score (nSPS) is 13.1. The Morgan fingerprint density at radius 1 is 1.33 bits per heavy atom. The van der Waals surface area contributed by atoms with Crippen LogP contribution in [0, 0.1) is 5.82 Å². The van der Waals surface area contributed by atoms with Crippen LogP contribution in [-0.2, 0) is 17.3 Å². The van der Waals surface area contributed by atoms with E-state index in [4.69, 9.17) is 9.15 Å². The molecule has 1 aromatic heterocycles. The molecule has 7 nitrogen and oxygen atoms in total. The van der Waals surface area contributed by atoms with E-state index in [-0.39, 0.29) is 19.0 Å². The largest absolute Gasteiger partial charge is 0.492 e. The van der Waals surface area contributed by atoms with Crippen molar-refractivity contribution in [2.45, 2.75) is 19.5 Å². The third-order valence-corrected chi connectivity index (χ3v) is 3.61. The Balaban J connectivity index is 1.94. The van der Waals surface area contributed by atoms with Crippen LogP contribution in [0.1, 0.15) is 39.1 Å². The van der Waals surface area contributed by atoms with E-state index in [1.807, 2.05) is 5.32 Å². The Morgan fingerprint density at radius 3 is 2.74 bits per heavy atom. The average Bonchev–Trinajstić information content (AvgIpc) is 3.21. The summed E-state index contributed by atoms with van der Waals surface area (Å²) in [5.74, 6) is -4.67. The monoisotopic (exact) mass is 388 g/mol. The Kier molecular flexibility index (Phi) is 4.77. The Morgan fingerprint density at radius 2 is 2.07 bits per heavy atom. The highest BCUT2D eigenvalue weighted by atomic mass is 19.4. The minimum absolute atomic E-state index is 0.000664. The Labute approximate surface area is 149 Å². The second kappa shape index (κ2) is 6.89. The van der Waals surface area contributed by atoms with Gasteiger partial charge in [0.15, 0.2) is 5.69 Å². The molecule has 0 saturated heterocycles. The number of fused-ring (bicyclic) bond motifs is 1. The first kappa shape index (κ1) is 18.7. The van der Waals surface area contributed by atoms with Gasteiger partial charge in [0, 0.05) is 6.42 Å².